The summed E-state index contributed by atoms with van der Waals surface area (Å²) < 4.78 is 14.3. The van der Waals surface area contributed by atoms with Gasteiger partial charge in [0.05, 0.1) is 6.04 Å². The standard InChI is InChI=1S/C16H25FN2/c1-11-9-12(2)15(14(17)10-11)16(19-18)13-7-5-3-4-6-8-13/h9-10,13,16,19H,3-8,18H2,1-2H3. The van der Waals surface area contributed by atoms with Crippen molar-refractivity contribution in [3.05, 3.63) is 34.6 Å². The Morgan fingerprint density at radius 2 is 1.79 bits per heavy atom. The summed E-state index contributed by atoms with van der Waals surface area (Å²) in [5.41, 5.74) is 5.61. The molecule has 1 unspecified atom stereocenters. The lowest BCUT2D eigenvalue weighted by molar-refractivity contribution is 0.320. The Bertz CT molecular complexity index is 400. The molecule has 1 aromatic rings. The number of nitrogens with two attached hydrogens (primary N) is 1. The van der Waals surface area contributed by atoms with Gasteiger partial charge < -0.3 is 0 Å². The Hall–Kier alpha value is -0.930. The van der Waals surface area contributed by atoms with Gasteiger partial charge in [0.25, 0.3) is 0 Å². The molecular weight excluding hydrogens is 239 g/mol. The summed E-state index contributed by atoms with van der Waals surface area (Å²) in [5.74, 6) is 6.07. The second-order valence-electron chi connectivity index (χ2n) is 5.87. The highest BCUT2D eigenvalue weighted by Crippen LogP contribution is 2.35. The van der Waals surface area contributed by atoms with E-state index in [4.69, 9.17) is 5.84 Å². The largest absolute Gasteiger partial charge is 0.271 e. The molecule has 1 fully saturated rings. The maximum atomic E-state index is 14.3. The molecule has 19 heavy (non-hydrogen) atoms. The highest BCUT2D eigenvalue weighted by Gasteiger charge is 2.26. The summed E-state index contributed by atoms with van der Waals surface area (Å²) in [6, 6.07) is 3.60. The first kappa shape index (κ1) is 14.5. The van der Waals surface area contributed by atoms with Crippen LogP contribution in [-0.4, -0.2) is 0 Å². The lowest BCUT2D eigenvalue weighted by Gasteiger charge is -2.27. The smallest absolute Gasteiger partial charge is 0.128 e. The maximum absolute atomic E-state index is 14.3. The van der Waals surface area contributed by atoms with Crippen LogP contribution in [0.25, 0.3) is 0 Å². The van der Waals surface area contributed by atoms with Gasteiger partial charge in [0.15, 0.2) is 0 Å². The van der Waals surface area contributed by atoms with E-state index in [-0.39, 0.29) is 11.9 Å². The summed E-state index contributed by atoms with van der Waals surface area (Å²) >= 11 is 0. The quantitative estimate of drug-likeness (QED) is 0.493. The first-order valence-electron chi connectivity index (χ1n) is 7.36. The SMILES string of the molecule is Cc1cc(C)c(C(NN)C2CCCCCC2)c(F)c1. The molecule has 2 rings (SSSR count). The Kier molecular flexibility index (Phi) is 4.94. The number of benzene rings is 1. The van der Waals surface area contributed by atoms with Crippen LogP contribution in [0.3, 0.4) is 0 Å². The molecule has 0 saturated heterocycles. The molecule has 0 heterocycles. The van der Waals surface area contributed by atoms with Crippen LogP contribution in [0.5, 0.6) is 0 Å². The third kappa shape index (κ3) is 3.34. The molecule has 3 N–H and O–H groups in total. The van der Waals surface area contributed by atoms with Gasteiger partial charge in [0.1, 0.15) is 5.82 Å². The van der Waals surface area contributed by atoms with Gasteiger partial charge in [0.2, 0.25) is 0 Å². The normalized spacial score (nSPS) is 19.2. The second-order valence-corrected chi connectivity index (χ2v) is 5.87. The van der Waals surface area contributed by atoms with Crippen molar-refractivity contribution in [2.24, 2.45) is 11.8 Å². The Labute approximate surface area is 115 Å². The second kappa shape index (κ2) is 6.49. The molecule has 1 aliphatic carbocycles. The highest BCUT2D eigenvalue weighted by molar-refractivity contribution is 5.34. The van der Waals surface area contributed by atoms with Crippen molar-refractivity contribution in [2.75, 3.05) is 0 Å². The minimum atomic E-state index is -0.121. The van der Waals surface area contributed by atoms with E-state index < -0.39 is 0 Å². The zero-order valence-electron chi connectivity index (χ0n) is 12.0. The third-order valence-electron chi connectivity index (χ3n) is 4.34. The Morgan fingerprint density at radius 3 is 2.32 bits per heavy atom. The fraction of sp³-hybridized carbons (Fsp3) is 0.625. The number of aryl methyl sites for hydroxylation is 2. The van der Waals surface area contributed by atoms with Crippen molar-refractivity contribution in [3.63, 3.8) is 0 Å². The number of halogens is 1. The molecule has 1 saturated carbocycles. The topological polar surface area (TPSA) is 38.0 Å². The molecule has 0 aliphatic heterocycles. The van der Waals surface area contributed by atoms with E-state index in [1.165, 1.54) is 25.7 Å². The number of hydrogen-bond acceptors (Lipinski definition) is 2. The van der Waals surface area contributed by atoms with Gasteiger partial charge in [-0.2, -0.15) is 0 Å². The first-order valence-corrected chi connectivity index (χ1v) is 7.36. The van der Waals surface area contributed by atoms with Crippen molar-refractivity contribution in [2.45, 2.75) is 58.4 Å². The Balaban J connectivity index is 2.30. The predicted octanol–water partition coefficient (Wildman–Crippen LogP) is 3.92. The number of nitrogens with one attached hydrogen (secondary N) is 1. The van der Waals surface area contributed by atoms with E-state index in [1.807, 2.05) is 19.9 Å². The molecule has 2 nitrogen and oxygen atoms in total. The van der Waals surface area contributed by atoms with Gasteiger partial charge in [-0.05, 0) is 49.8 Å². The fourth-order valence-electron chi connectivity index (χ4n) is 3.42. The lowest BCUT2D eigenvalue weighted by atomic mass is 9.85. The molecule has 1 aromatic carbocycles. The summed E-state index contributed by atoms with van der Waals surface area (Å²) in [6.07, 6.45) is 7.33. The first-order chi connectivity index (χ1) is 9.13. The molecule has 1 aliphatic rings. The monoisotopic (exact) mass is 264 g/mol. The molecular formula is C16H25FN2. The van der Waals surface area contributed by atoms with E-state index in [0.717, 1.165) is 29.5 Å². The van der Waals surface area contributed by atoms with Crippen LogP contribution in [0.4, 0.5) is 4.39 Å². The molecule has 0 bridgehead atoms. The van der Waals surface area contributed by atoms with Gasteiger partial charge >= 0.3 is 0 Å². The summed E-state index contributed by atoms with van der Waals surface area (Å²) in [5, 5.41) is 0. The van der Waals surface area contributed by atoms with Gasteiger partial charge in [0, 0.05) is 5.56 Å². The van der Waals surface area contributed by atoms with Crippen molar-refractivity contribution < 1.29 is 4.39 Å². The van der Waals surface area contributed by atoms with Crippen LogP contribution in [0.1, 0.15) is 61.3 Å². The molecule has 1 atom stereocenters. The summed E-state index contributed by atoms with van der Waals surface area (Å²) in [7, 11) is 0. The van der Waals surface area contributed by atoms with Crippen molar-refractivity contribution in [3.8, 4) is 0 Å². The zero-order chi connectivity index (χ0) is 13.8. The van der Waals surface area contributed by atoms with Crippen LogP contribution in [0.2, 0.25) is 0 Å². The number of hydrogen-bond donors (Lipinski definition) is 2. The minimum Gasteiger partial charge on any atom is -0.271 e. The molecule has 106 valence electrons. The predicted molar refractivity (Wildman–Crippen MR) is 77.1 cm³/mol. The molecule has 0 aromatic heterocycles. The minimum absolute atomic E-state index is 0.0568. The van der Waals surface area contributed by atoms with E-state index in [1.54, 1.807) is 6.07 Å². The van der Waals surface area contributed by atoms with Gasteiger partial charge in [-0.3, -0.25) is 11.3 Å². The van der Waals surface area contributed by atoms with Gasteiger partial charge in [-0.25, -0.2) is 4.39 Å². The average molecular weight is 264 g/mol. The van der Waals surface area contributed by atoms with Crippen molar-refractivity contribution in [1.29, 1.82) is 0 Å². The molecule has 0 amide bonds. The average Bonchev–Trinajstić information content (AvgIpc) is 2.62. The highest BCUT2D eigenvalue weighted by atomic mass is 19.1. The van der Waals surface area contributed by atoms with Crippen LogP contribution >= 0.6 is 0 Å². The van der Waals surface area contributed by atoms with E-state index in [9.17, 15) is 4.39 Å². The fourth-order valence-corrected chi connectivity index (χ4v) is 3.42. The van der Waals surface area contributed by atoms with Crippen LogP contribution < -0.4 is 11.3 Å². The van der Waals surface area contributed by atoms with Crippen LogP contribution in [0, 0.1) is 25.6 Å². The summed E-state index contributed by atoms with van der Waals surface area (Å²) in [4.78, 5) is 0. The lowest BCUT2D eigenvalue weighted by Crippen LogP contribution is -2.34. The zero-order valence-corrected chi connectivity index (χ0v) is 12.0. The van der Waals surface area contributed by atoms with Crippen LogP contribution in [-0.2, 0) is 0 Å². The number of rotatable bonds is 3. The van der Waals surface area contributed by atoms with Crippen molar-refractivity contribution in [1.82, 2.24) is 5.43 Å². The van der Waals surface area contributed by atoms with Gasteiger partial charge in [-0.15, -0.1) is 0 Å². The number of hydrazine groups is 1. The van der Waals surface area contributed by atoms with Crippen LogP contribution in [0.15, 0.2) is 12.1 Å². The molecule has 3 heteroatoms. The van der Waals surface area contributed by atoms with E-state index >= 15 is 0 Å². The maximum Gasteiger partial charge on any atom is 0.128 e. The summed E-state index contributed by atoms with van der Waals surface area (Å²) in [6.45, 7) is 3.91. The molecule has 0 radical (unpaired) electrons. The van der Waals surface area contributed by atoms with E-state index in [0.29, 0.717) is 5.92 Å². The van der Waals surface area contributed by atoms with E-state index in [2.05, 4.69) is 5.43 Å². The Morgan fingerprint density at radius 1 is 1.16 bits per heavy atom. The van der Waals surface area contributed by atoms with Gasteiger partial charge in [-0.1, -0.05) is 31.7 Å². The van der Waals surface area contributed by atoms with Crippen molar-refractivity contribution >= 4 is 0 Å². The molecule has 0 spiro atoms. The third-order valence-corrected chi connectivity index (χ3v) is 4.34.